The molecular weight excluding hydrogens is 238 g/mol. The summed E-state index contributed by atoms with van der Waals surface area (Å²) < 4.78 is 0. The summed E-state index contributed by atoms with van der Waals surface area (Å²) in [5, 5.41) is 12.5. The van der Waals surface area contributed by atoms with Gasteiger partial charge in [-0.1, -0.05) is 30.3 Å². The zero-order chi connectivity index (χ0) is 13.2. The molecule has 0 bridgehead atoms. The number of hydrogen-bond donors (Lipinski definition) is 2. The fraction of sp³-hybridized carbons (Fsp3) is 0.0667. The number of aromatic nitrogens is 2. The van der Waals surface area contributed by atoms with Crippen LogP contribution < -0.4 is 5.73 Å². The molecule has 1 aromatic carbocycles. The molecule has 2 aromatic heterocycles. The first-order chi connectivity index (χ1) is 9.27. The fourth-order valence-electron chi connectivity index (χ4n) is 2.19. The topological polar surface area (TPSA) is 72.0 Å². The van der Waals surface area contributed by atoms with Crippen LogP contribution in [0.5, 0.6) is 0 Å². The smallest absolute Gasteiger partial charge is 0.129 e. The van der Waals surface area contributed by atoms with Gasteiger partial charge in [0.15, 0.2) is 0 Å². The van der Waals surface area contributed by atoms with Crippen LogP contribution in [-0.2, 0) is 0 Å². The van der Waals surface area contributed by atoms with E-state index < -0.39 is 6.10 Å². The van der Waals surface area contributed by atoms with E-state index in [4.69, 9.17) is 5.73 Å². The molecule has 0 saturated heterocycles. The van der Waals surface area contributed by atoms with Gasteiger partial charge >= 0.3 is 0 Å². The number of aliphatic hydroxyl groups excluding tert-OH is 1. The van der Waals surface area contributed by atoms with Crippen LogP contribution in [0.15, 0.2) is 55.0 Å². The molecule has 0 spiro atoms. The molecule has 0 radical (unpaired) electrons. The minimum absolute atomic E-state index is 0.336. The highest BCUT2D eigenvalue weighted by Gasteiger charge is 2.16. The average molecular weight is 251 g/mol. The van der Waals surface area contributed by atoms with Crippen molar-refractivity contribution in [3.8, 4) is 0 Å². The quantitative estimate of drug-likeness (QED) is 0.733. The van der Waals surface area contributed by atoms with Crippen LogP contribution >= 0.6 is 0 Å². The maximum atomic E-state index is 10.5. The van der Waals surface area contributed by atoms with Crippen molar-refractivity contribution in [1.29, 1.82) is 0 Å². The lowest BCUT2D eigenvalue weighted by Crippen LogP contribution is -2.06. The van der Waals surface area contributed by atoms with E-state index in [9.17, 15) is 5.11 Å². The molecule has 0 fully saturated rings. The molecule has 94 valence electrons. The van der Waals surface area contributed by atoms with Crippen LogP contribution in [0.25, 0.3) is 10.8 Å². The Hall–Kier alpha value is -2.46. The van der Waals surface area contributed by atoms with Crippen LogP contribution in [0.2, 0.25) is 0 Å². The number of nitrogen functional groups attached to an aromatic ring is 1. The van der Waals surface area contributed by atoms with E-state index in [1.807, 2.05) is 24.3 Å². The average Bonchev–Trinajstić information content (AvgIpc) is 2.46. The number of nitrogens with zero attached hydrogens (tertiary/aromatic N) is 2. The van der Waals surface area contributed by atoms with Gasteiger partial charge in [0.25, 0.3) is 0 Å². The summed E-state index contributed by atoms with van der Waals surface area (Å²) in [6.45, 7) is 0. The van der Waals surface area contributed by atoms with Gasteiger partial charge in [-0.2, -0.15) is 0 Å². The molecule has 0 aliphatic rings. The third kappa shape index (κ3) is 2.02. The molecule has 1 unspecified atom stereocenters. The number of benzene rings is 1. The highest BCUT2D eigenvalue weighted by molar-refractivity contribution is 5.85. The summed E-state index contributed by atoms with van der Waals surface area (Å²) in [5.74, 6) is 0.336. The van der Waals surface area contributed by atoms with E-state index in [-0.39, 0.29) is 0 Å². The van der Waals surface area contributed by atoms with E-state index in [0.29, 0.717) is 11.4 Å². The van der Waals surface area contributed by atoms with E-state index in [1.54, 1.807) is 30.7 Å². The molecule has 0 amide bonds. The standard InChI is InChI=1S/C15H13N3O/c16-15-12(6-3-7-18-15)14(19)13-9-17-8-10-4-1-2-5-11(10)13/h1-9,14,19H,(H2,16,18). The van der Waals surface area contributed by atoms with Gasteiger partial charge in [-0.3, -0.25) is 4.98 Å². The Morgan fingerprint density at radius 1 is 1.00 bits per heavy atom. The van der Waals surface area contributed by atoms with Crippen LogP contribution in [0.3, 0.4) is 0 Å². The highest BCUT2D eigenvalue weighted by Crippen LogP contribution is 2.29. The monoisotopic (exact) mass is 251 g/mol. The summed E-state index contributed by atoms with van der Waals surface area (Å²) >= 11 is 0. The number of anilines is 1. The normalized spacial score (nSPS) is 12.5. The van der Waals surface area contributed by atoms with Crippen molar-refractivity contribution in [2.24, 2.45) is 0 Å². The summed E-state index contributed by atoms with van der Waals surface area (Å²) in [6, 6.07) is 11.3. The zero-order valence-electron chi connectivity index (χ0n) is 10.2. The van der Waals surface area contributed by atoms with Gasteiger partial charge in [-0.05, 0) is 11.5 Å². The van der Waals surface area contributed by atoms with Crippen molar-refractivity contribution >= 4 is 16.6 Å². The summed E-state index contributed by atoms with van der Waals surface area (Å²) in [5.41, 5.74) is 7.14. The number of aliphatic hydroxyl groups is 1. The van der Waals surface area contributed by atoms with Crippen LogP contribution in [0, 0.1) is 0 Å². The van der Waals surface area contributed by atoms with Gasteiger partial charge in [0.2, 0.25) is 0 Å². The first kappa shape index (κ1) is 11.6. The number of pyridine rings is 2. The van der Waals surface area contributed by atoms with Gasteiger partial charge in [0.05, 0.1) is 0 Å². The summed E-state index contributed by atoms with van der Waals surface area (Å²) in [4.78, 5) is 8.17. The van der Waals surface area contributed by atoms with Crippen LogP contribution in [0.1, 0.15) is 17.2 Å². The Labute approximate surface area is 110 Å². The van der Waals surface area contributed by atoms with Crippen molar-refractivity contribution in [1.82, 2.24) is 9.97 Å². The molecule has 0 saturated carbocycles. The minimum Gasteiger partial charge on any atom is -0.383 e. The summed E-state index contributed by atoms with van der Waals surface area (Å²) in [7, 11) is 0. The lowest BCUT2D eigenvalue weighted by atomic mass is 9.98. The molecule has 0 aliphatic heterocycles. The van der Waals surface area contributed by atoms with Crippen molar-refractivity contribution in [2.45, 2.75) is 6.10 Å². The van der Waals surface area contributed by atoms with E-state index in [0.717, 1.165) is 16.3 Å². The maximum Gasteiger partial charge on any atom is 0.129 e. The maximum absolute atomic E-state index is 10.5. The fourth-order valence-corrected chi connectivity index (χ4v) is 2.19. The lowest BCUT2D eigenvalue weighted by molar-refractivity contribution is 0.222. The highest BCUT2D eigenvalue weighted by atomic mass is 16.3. The van der Waals surface area contributed by atoms with Crippen LogP contribution in [-0.4, -0.2) is 15.1 Å². The van der Waals surface area contributed by atoms with Gasteiger partial charge in [0.1, 0.15) is 11.9 Å². The Kier molecular flexibility index (Phi) is 2.85. The molecule has 3 rings (SSSR count). The van der Waals surface area contributed by atoms with Gasteiger partial charge in [0, 0.05) is 35.1 Å². The predicted molar refractivity (Wildman–Crippen MR) is 74.5 cm³/mol. The van der Waals surface area contributed by atoms with E-state index in [1.165, 1.54) is 0 Å². The van der Waals surface area contributed by atoms with Gasteiger partial charge < -0.3 is 10.8 Å². The third-order valence-electron chi connectivity index (χ3n) is 3.16. The second-order valence-electron chi connectivity index (χ2n) is 4.33. The molecule has 19 heavy (non-hydrogen) atoms. The zero-order valence-corrected chi connectivity index (χ0v) is 10.2. The molecule has 2 heterocycles. The Bertz CT molecular complexity index is 722. The second kappa shape index (κ2) is 4.66. The lowest BCUT2D eigenvalue weighted by Gasteiger charge is -2.14. The number of rotatable bonds is 2. The Morgan fingerprint density at radius 2 is 1.84 bits per heavy atom. The number of nitrogens with two attached hydrogens (primary N) is 1. The van der Waals surface area contributed by atoms with E-state index in [2.05, 4.69) is 9.97 Å². The first-order valence-corrected chi connectivity index (χ1v) is 5.98. The molecular formula is C15H13N3O. The third-order valence-corrected chi connectivity index (χ3v) is 3.16. The SMILES string of the molecule is Nc1ncccc1C(O)c1cncc2ccccc12. The largest absolute Gasteiger partial charge is 0.383 e. The van der Waals surface area contributed by atoms with Crippen molar-refractivity contribution in [2.75, 3.05) is 5.73 Å². The van der Waals surface area contributed by atoms with Crippen molar-refractivity contribution < 1.29 is 5.11 Å². The molecule has 4 nitrogen and oxygen atoms in total. The predicted octanol–water partition coefficient (Wildman–Crippen LogP) is 2.29. The Morgan fingerprint density at radius 3 is 2.68 bits per heavy atom. The molecule has 1 atom stereocenters. The minimum atomic E-state index is -0.827. The van der Waals surface area contributed by atoms with Gasteiger partial charge in [-0.15, -0.1) is 0 Å². The van der Waals surface area contributed by atoms with Crippen LogP contribution in [0.4, 0.5) is 5.82 Å². The van der Waals surface area contributed by atoms with Gasteiger partial charge in [-0.25, -0.2) is 4.98 Å². The molecule has 0 aliphatic carbocycles. The first-order valence-electron chi connectivity index (χ1n) is 5.98. The number of hydrogen-bond acceptors (Lipinski definition) is 4. The molecule has 3 aromatic rings. The Balaban J connectivity index is 2.17. The van der Waals surface area contributed by atoms with Crippen molar-refractivity contribution in [3.63, 3.8) is 0 Å². The summed E-state index contributed by atoms with van der Waals surface area (Å²) in [6.07, 6.45) is 4.22. The molecule has 3 N–H and O–H groups in total. The van der Waals surface area contributed by atoms with E-state index >= 15 is 0 Å². The number of fused-ring (bicyclic) bond motifs is 1. The molecule has 4 heteroatoms. The second-order valence-corrected chi connectivity index (χ2v) is 4.33. The van der Waals surface area contributed by atoms with Crippen molar-refractivity contribution in [3.05, 3.63) is 66.1 Å².